The van der Waals surface area contributed by atoms with Crippen LogP contribution in [0.15, 0.2) is 30.3 Å². The lowest BCUT2D eigenvalue weighted by molar-refractivity contribution is -0.141. The van der Waals surface area contributed by atoms with Gasteiger partial charge in [-0.1, -0.05) is 12.1 Å². The largest absolute Gasteiger partial charge is 0.480 e. The van der Waals surface area contributed by atoms with Crippen LogP contribution in [0.4, 0.5) is 5.69 Å². The van der Waals surface area contributed by atoms with Gasteiger partial charge in [0.25, 0.3) is 0 Å². The second kappa shape index (κ2) is 7.68. The van der Waals surface area contributed by atoms with Gasteiger partial charge in [0.05, 0.1) is 0 Å². The Morgan fingerprint density at radius 1 is 1.24 bits per heavy atom. The number of hydrogen-bond acceptors (Lipinski definition) is 4. The second-order valence-corrected chi connectivity index (χ2v) is 4.40. The number of amides is 2. The molecule has 0 aliphatic rings. The van der Waals surface area contributed by atoms with Crippen molar-refractivity contribution >= 4 is 29.5 Å². The summed E-state index contributed by atoms with van der Waals surface area (Å²) in [6.07, 6.45) is 2.58. The molecule has 112 valence electrons. The van der Waals surface area contributed by atoms with E-state index in [-0.39, 0.29) is 12.8 Å². The molecule has 1 aromatic carbocycles. The number of nitrogens with two attached hydrogens (primary N) is 2. The molecule has 1 rings (SSSR count). The molecule has 0 aliphatic carbocycles. The quantitative estimate of drug-likeness (QED) is 0.418. The first-order valence-electron chi connectivity index (χ1n) is 6.23. The van der Waals surface area contributed by atoms with Crippen molar-refractivity contribution in [3.63, 3.8) is 0 Å². The van der Waals surface area contributed by atoms with E-state index in [4.69, 9.17) is 16.6 Å². The average Bonchev–Trinajstić information content (AvgIpc) is 2.42. The molecule has 0 saturated carbocycles. The highest BCUT2D eigenvalue weighted by Gasteiger charge is 2.19. The van der Waals surface area contributed by atoms with Crippen LogP contribution in [0, 0.1) is 0 Å². The lowest BCUT2D eigenvalue weighted by atomic mass is 10.1. The Bertz CT molecular complexity index is 552. The van der Waals surface area contributed by atoms with E-state index in [0.717, 1.165) is 5.56 Å². The van der Waals surface area contributed by atoms with Gasteiger partial charge in [-0.3, -0.25) is 9.59 Å². The highest BCUT2D eigenvalue weighted by atomic mass is 16.4. The molecular weight excluding hydrogens is 274 g/mol. The van der Waals surface area contributed by atoms with Gasteiger partial charge in [-0.05, 0) is 30.2 Å². The first kappa shape index (κ1) is 16.2. The van der Waals surface area contributed by atoms with Crippen molar-refractivity contribution in [3.8, 4) is 0 Å². The molecule has 0 spiro atoms. The third-order valence-corrected chi connectivity index (χ3v) is 2.66. The van der Waals surface area contributed by atoms with E-state index in [9.17, 15) is 14.4 Å². The van der Waals surface area contributed by atoms with Gasteiger partial charge in [-0.2, -0.15) is 0 Å². The molecule has 0 saturated heterocycles. The van der Waals surface area contributed by atoms with E-state index in [2.05, 4.69) is 5.32 Å². The van der Waals surface area contributed by atoms with E-state index in [1.165, 1.54) is 12.2 Å². The molecular formula is C14H17N3O4. The summed E-state index contributed by atoms with van der Waals surface area (Å²) in [4.78, 5) is 33.2. The van der Waals surface area contributed by atoms with Crippen molar-refractivity contribution in [2.24, 2.45) is 5.73 Å². The maximum atomic E-state index is 11.6. The van der Waals surface area contributed by atoms with Crippen molar-refractivity contribution in [2.45, 2.75) is 18.9 Å². The topological polar surface area (TPSA) is 136 Å². The van der Waals surface area contributed by atoms with Crippen LogP contribution in [-0.4, -0.2) is 28.9 Å². The van der Waals surface area contributed by atoms with E-state index >= 15 is 0 Å². The normalized spacial score (nSPS) is 12.0. The molecule has 21 heavy (non-hydrogen) atoms. The maximum Gasteiger partial charge on any atom is 0.326 e. The van der Waals surface area contributed by atoms with Gasteiger partial charge >= 0.3 is 5.97 Å². The van der Waals surface area contributed by atoms with Gasteiger partial charge in [0.1, 0.15) is 6.04 Å². The summed E-state index contributed by atoms with van der Waals surface area (Å²) in [7, 11) is 0. The van der Waals surface area contributed by atoms with Crippen molar-refractivity contribution in [2.75, 3.05) is 5.73 Å². The van der Waals surface area contributed by atoms with Gasteiger partial charge in [0.2, 0.25) is 11.8 Å². The second-order valence-electron chi connectivity index (χ2n) is 4.40. The van der Waals surface area contributed by atoms with Gasteiger partial charge in [-0.25, -0.2) is 4.79 Å². The summed E-state index contributed by atoms with van der Waals surface area (Å²) in [6.45, 7) is 0. The number of nitrogen functional groups attached to an aromatic ring is 1. The minimum Gasteiger partial charge on any atom is -0.480 e. The number of anilines is 1. The Labute approximate surface area is 121 Å². The molecule has 0 aromatic heterocycles. The molecule has 0 fully saturated rings. The standard InChI is InChI=1S/C14H17N3O4/c15-10-4-1-9(2-5-10)3-8-13(19)17-11(14(20)21)6-7-12(16)18/h1-5,8,11H,6-7,15H2,(H2,16,18)(H,17,19)(H,20,21)/b8-3+/t11-/m1/s1. The van der Waals surface area contributed by atoms with Crippen molar-refractivity contribution < 1.29 is 19.5 Å². The molecule has 0 radical (unpaired) electrons. The number of carboxylic acids is 1. The maximum absolute atomic E-state index is 11.6. The molecule has 1 atom stereocenters. The first-order chi connectivity index (χ1) is 9.88. The highest BCUT2D eigenvalue weighted by Crippen LogP contribution is 2.07. The zero-order valence-electron chi connectivity index (χ0n) is 11.3. The fourth-order valence-corrected chi connectivity index (χ4v) is 1.54. The number of aliphatic carboxylic acids is 1. The number of hydrogen-bond donors (Lipinski definition) is 4. The average molecular weight is 291 g/mol. The van der Waals surface area contributed by atoms with Gasteiger partial charge < -0.3 is 21.9 Å². The van der Waals surface area contributed by atoms with Crippen LogP contribution >= 0.6 is 0 Å². The molecule has 1 aromatic rings. The van der Waals surface area contributed by atoms with Crippen LogP contribution in [0.2, 0.25) is 0 Å². The summed E-state index contributed by atoms with van der Waals surface area (Å²) in [5.74, 6) is -2.40. The Morgan fingerprint density at radius 2 is 1.86 bits per heavy atom. The van der Waals surface area contributed by atoms with Crippen molar-refractivity contribution in [1.82, 2.24) is 5.32 Å². The van der Waals surface area contributed by atoms with E-state index in [1.807, 2.05) is 0 Å². The fraction of sp³-hybridized carbons (Fsp3) is 0.214. The number of nitrogens with one attached hydrogen (secondary N) is 1. The minimum absolute atomic E-state index is 0.0495. The number of carbonyl (C=O) groups excluding carboxylic acids is 2. The van der Waals surface area contributed by atoms with Crippen LogP contribution in [0.5, 0.6) is 0 Å². The third-order valence-electron chi connectivity index (χ3n) is 2.66. The summed E-state index contributed by atoms with van der Waals surface area (Å²) < 4.78 is 0. The van der Waals surface area contributed by atoms with Crippen LogP contribution in [-0.2, 0) is 14.4 Å². The molecule has 0 bridgehead atoms. The van der Waals surface area contributed by atoms with Crippen LogP contribution in [0.25, 0.3) is 6.08 Å². The zero-order valence-corrected chi connectivity index (χ0v) is 11.3. The van der Waals surface area contributed by atoms with Crippen LogP contribution < -0.4 is 16.8 Å². The number of primary amides is 1. The third kappa shape index (κ3) is 6.24. The Balaban J connectivity index is 2.59. The van der Waals surface area contributed by atoms with Crippen molar-refractivity contribution in [3.05, 3.63) is 35.9 Å². The highest BCUT2D eigenvalue weighted by molar-refractivity contribution is 5.94. The fourth-order valence-electron chi connectivity index (χ4n) is 1.54. The van der Waals surface area contributed by atoms with E-state index < -0.39 is 23.8 Å². The number of carboxylic acid groups (broad SMARTS) is 1. The molecule has 6 N–H and O–H groups in total. The molecule has 7 heteroatoms. The van der Waals surface area contributed by atoms with Gasteiger partial charge in [-0.15, -0.1) is 0 Å². The number of carbonyl (C=O) groups is 3. The zero-order chi connectivity index (χ0) is 15.8. The lowest BCUT2D eigenvalue weighted by Gasteiger charge is -2.11. The van der Waals surface area contributed by atoms with E-state index in [1.54, 1.807) is 24.3 Å². The first-order valence-corrected chi connectivity index (χ1v) is 6.23. The Hall–Kier alpha value is -2.83. The molecule has 2 amide bonds. The summed E-state index contributed by atoms with van der Waals surface area (Å²) >= 11 is 0. The predicted octanol–water partition coefficient (Wildman–Crippen LogP) is 0.117. The predicted molar refractivity (Wildman–Crippen MR) is 77.9 cm³/mol. The minimum atomic E-state index is -1.22. The molecule has 0 aliphatic heterocycles. The van der Waals surface area contributed by atoms with Crippen LogP contribution in [0.1, 0.15) is 18.4 Å². The SMILES string of the molecule is NC(=O)CC[C@@H](NC(=O)/C=C/c1ccc(N)cc1)C(=O)O. The monoisotopic (exact) mass is 291 g/mol. The summed E-state index contributed by atoms with van der Waals surface area (Å²) in [5, 5.41) is 11.2. The molecule has 7 nitrogen and oxygen atoms in total. The Kier molecular flexibility index (Phi) is 5.94. The van der Waals surface area contributed by atoms with Gasteiger partial charge in [0.15, 0.2) is 0 Å². The van der Waals surface area contributed by atoms with Crippen LogP contribution in [0.3, 0.4) is 0 Å². The Morgan fingerprint density at radius 3 is 2.38 bits per heavy atom. The number of rotatable bonds is 7. The number of benzene rings is 1. The lowest BCUT2D eigenvalue weighted by Crippen LogP contribution is -2.40. The summed E-state index contributed by atoms with van der Waals surface area (Å²) in [6, 6.07) is 5.66. The molecule has 0 heterocycles. The van der Waals surface area contributed by atoms with Crippen molar-refractivity contribution in [1.29, 1.82) is 0 Å². The molecule has 0 unspecified atom stereocenters. The smallest absolute Gasteiger partial charge is 0.326 e. The van der Waals surface area contributed by atoms with E-state index in [0.29, 0.717) is 5.69 Å². The summed E-state index contributed by atoms with van der Waals surface area (Å²) in [5.41, 5.74) is 11.8. The van der Waals surface area contributed by atoms with Gasteiger partial charge in [0, 0.05) is 18.2 Å².